The van der Waals surface area contributed by atoms with Crippen LogP contribution in [-0.2, 0) is 36.9 Å². The quantitative estimate of drug-likeness (QED) is 0.144. The first kappa shape index (κ1) is 26.9. The molecule has 0 aromatic carbocycles. The number of hydrogen-bond donors (Lipinski definition) is 5. The molecule has 0 spiro atoms. The Balaban J connectivity index is 1.65. The van der Waals surface area contributed by atoms with Crippen molar-refractivity contribution in [3.63, 3.8) is 0 Å². The van der Waals surface area contributed by atoms with Crippen molar-refractivity contribution >= 4 is 31.3 Å². The van der Waals surface area contributed by atoms with Crippen molar-refractivity contribution in [2.45, 2.75) is 74.8 Å². The van der Waals surface area contributed by atoms with Crippen LogP contribution in [0.25, 0.3) is 0 Å². The number of phosphoric ester groups is 1. The third-order valence-corrected chi connectivity index (χ3v) is 7.56. The Bertz CT molecular complexity index is 696. The Labute approximate surface area is 188 Å². The van der Waals surface area contributed by atoms with E-state index in [9.17, 15) is 19.5 Å². The summed E-state index contributed by atoms with van der Waals surface area (Å²) in [6, 6.07) is -2.42. The van der Waals surface area contributed by atoms with Crippen LogP contribution in [0.2, 0.25) is 0 Å². The molecule has 5 N–H and O–H groups in total. The summed E-state index contributed by atoms with van der Waals surface area (Å²) in [7, 11) is 0.751. The monoisotopic (exact) mass is 500 g/mol. The van der Waals surface area contributed by atoms with E-state index in [2.05, 4.69) is 4.52 Å². The summed E-state index contributed by atoms with van der Waals surface area (Å²) in [4.78, 5) is 39.5. The molecular formula is C15H28B2O13P2. The number of aliphatic hydroxyl groups excluding tert-OH is 1. The number of fused-ring (bicyclic) bond motifs is 1. The van der Waals surface area contributed by atoms with Crippen LogP contribution in [0.3, 0.4) is 0 Å². The topological polar surface area (TPSA) is 183 Å². The molecule has 0 aromatic heterocycles. The summed E-state index contributed by atoms with van der Waals surface area (Å²) in [6.45, 7) is 1.93. The van der Waals surface area contributed by atoms with E-state index in [4.69, 9.17) is 53.3 Å². The minimum atomic E-state index is -5.70. The molecule has 182 valence electrons. The van der Waals surface area contributed by atoms with Gasteiger partial charge in [-0.3, -0.25) is 0 Å². The Kier molecular flexibility index (Phi) is 8.51. The van der Waals surface area contributed by atoms with E-state index < -0.39 is 70.8 Å². The van der Waals surface area contributed by atoms with Crippen LogP contribution >= 0.6 is 15.6 Å². The van der Waals surface area contributed by atoms with Gasteiger partial charge in [0.1, 0.15) is 0 Å². The van der Waals surface area contributed by atoms with Crippen LogP contribution < -0.4 is 0 Å². The Hall–Kier alpha value is 0.310. The molecule has 3 fully saturated rings. The standard InChI is InChI=1S/C15H28B2O13P2/c1-2-3-4-24-8-5-9-13(15(17)25-6-8)30-32(22,23,29-9)26-7-10-12(28-31(19,20)21)11(18)14(16)27-10/h8-15,18,22-23H,2-7H2,1H3,(H2,19,20,21)/t8?,9?,10-,11?,12?,13?,14-,15-/m1/s1. The molecule has 3 aliphatic rings. The molecule has 17 heteroatoms. The number of aliphatic hydroxyl groups is 1. The van der Waals surface area contributed by atoms with E-state index in [1.165, 1.54) is 0 Å². The number of ether oxygens (including phenoxy) is 3. The molecule has 13 nitrogen and oxygen atoms in total. The van der Waals surface area contributed by atoms with Gasteiger partial charge in [0.2, 0.25) is 0 Å². The van der Waals surface area contributed by atoms with Crippen molar-refractivity contribution < 1.29 is 61.6 Å². The summed E-state index contributed by atoms with van der Waals surface area (Å²) in [6.07, 6.45) is -5.06. The van der Waals surface area contributed by atoms with Crippen LogP contribution in [0.5, 0.6) is 0 Å². The first-order valence-electron chi connectivity index (χ1n) is 10.2. The van der Waals surface area contributed by atoms with Crippen LogP contribution in [0.4, 0.5) is 0 Å². The maximum atomic E-state index is 11.2. The molecule has 0 bridgehead atoms. The average molecular weight is 500 g/mol. The van der Waals surface area contributed by atoms with Crippen molar-refractivity contribution in [1.82, 2.24) is 0 Å². The first-order chi connectivity index (χ1) is 14.8. The predicted molar refractivity (Wildman–Crippen MR) is 109 cm³/mol. The van der Waals surface area contributed by atoms with Gasteiger partial charge in [-0.1, -0.05) is 0 Å². The van der Waals surface area contributed by atoms with E-state index >= 15 is 0 Å². The van der Waals surface area contributed by atoms with Crippen LogP contribution in [0, 0.1) is 0 Å². The van der Waals surface area contributed by atoms with Crippen molar-refractivity contribution in [3.05, 3.63) is 0 Å². The van der Waals surface area contributed by atoms with Gasteiger partial charge in [0.25, 0.3) is 0 Å². The molecule has 4 radical (unpaired) electrons. The Morgan fingerprint density at radius 2 is 1.91 bits per heavy atom. The number of rotatable bonds is 9. The Morgan fingerprint density at radius 1 is 1.19 bits per heavy atom. The van der Waals surface area contributed by atoms with Crippen LogP contribution in [0.1, 0.15) is 26.2 Å². The van der Waals surface area contributed by atoms with Gasteiger partial charge in [-0.05, 0) is 0 Å². The number of hydrogen-bond acceptors (Lipinski definition) is 11. The summed E-state index contributed by atoms with van der Waals surface area (Å²) in [5.74, 6) is 0. The van der Waals surface area contributed by atoms with Crippen molar-refractivity contribution in [3.8, 4) is 0 Å². The molecule has 3 rings (SSSR count). The van der Waals surface area contributed by atoms with Crippen molar-refractivity contribution in [1.29, 1.82) is 0 Å². The van der Waals surface area contributed by atoms with Gasteiger partial charge >= 0.3 is 187 Å². The second-order valence-electron chi connectivity index (χ2n) is 7.88. The molecule has 8 atom stereocenters. The zero-order chi connectivity index (χ0) is 23.8. The molecule has 0 aliphatic carbocycles. The van der Waals surface area contributed by atoms with Gasteiger partial charge in [0, 0.05) is 0 Å². The fourth-order valence-corrected chi connectivity index (χ4v) is 6.14. The van der Waals surface area contributed by atoms with Gasteiger partial charge in [0.15, 0.2) is 0 Å². The van der Waals surface area contributed by atoms with E-state index in [1.54, 1.807) is 0 Å². The second kappa shape index (κ2) is 10.1. The van der Waals surface area contributed by atoms with Crippen molar-refractivity contribution in [2.75, 3.05) is 19.8 Å². The van der Waals surface area contributed by atoms with Crippen LogP contribution in [0.15, 0.2) is 0 Å². The van der Waals surface area contributed by atoms with E-state index in [0.29, 0.717) is 6.61 Å². The normalized spacial score (nSPS) is 42.6. The third-order valence-electron chi connectivity index (χ3n) is 5.22. The molecule has 0 saturated carbocycles. The minimum absolute atomic E-state index is 0.172. The number of unbranched alkanes of at least 4 members (excludes halogenated alkanes) is 1. The fraction of sp³-hybridized carbons (Fsp3) is 1.00. The molecular weight excluding hydrogens is 472 g/mol. The molecule has 0 amide bonds. The summed E-state index contributed by atoms with van der Waals surface area (Å²) < 4.78 is 47.9. The third kappa shape index (κ3) is 6.71. The molecule has 5 unspecified atom stereocenters. The molecule has 0 aromatic rings. The maximum absolute atomic E-state index is 11.2. The van der Waals surface area contributed by atoms with Gasteiger partial charge in [-0.15, -0.1) is 0 Å². The van der Waals surface area contributed by atoms with E-state index in [-0.39, 0.29) is 13.0 Å². The SMILES string of the molecule is [B][C@@H]1O[C@H](COP2(O)(O)OC3CC(OCCCC)CO[C@@H]([B])C3O2)C(OP(=O)(O)O)C1O. The van der Waals surface area contributed by atoms with Gasteiger partial charge in [-0.2, -0.15) is 0 Å². The van der Waals surface area contributed by atoms with E-state index in [1.807, 2.05) is 6.92 Å². The average Bonchev–Trinajstić information content (AvgIpc) is 3.06. The van der Waals surface area contributed by atoms with Gasteiger partial charge < -0.3 is 0 Å². The Morgan fingerprint density at radius 3 is 2.56 bits per heavy atom. The summed E-state index contributed by atoms with van der Waals surface area (Å²) in [5.41, 5.74) is 0. The molecule has 3 aliphatic heterocycles. The number of phosphoric acid groups is 1. The van der Waals surface area contributed by atoms with Gasteiger partial charge in [-0.25, -0.2) is 0 Å². The summed E-state index contributed by atoms with van der Waals surface area (Å²) >= 11 is 0. The summed E-state index contributed by atoms with van der Waals surface area (Å²) in [5, 5.41) is 9.97. The first-order valence-corrected chi connectivity index (χ1v) is 13.6. The second-order valence-corrected chi connectivity index (χ2v) is 11.4. The fourth-order valence-electron chi connectivity index (χ4n) is 3.64. The zero-order valence-electron chi connectivity index (χ0n) is 17.4. The predicted octanol–water partition coefficient (Wildman–Crippen LogP) is -1.27. The molecule has 3 heterocycles. The van der Waals surface area contributed by atoms with Crippen molar-refractivity contribution in [2.24, 2.45) is 0 Å². The molecule has 32 heavy (non-hydrogen) atoms. The van der Waals surface area contributed by atoms with Crippen LogP contribution in [-0.4, -0.2) is 109 Å². The van der Waals surface area contributed by atoms with E-state index in [0.717, 1.165) is 12.8 Å². The zero-order valence-corrected chi connectivity index (χ0v) is 19.2. The van der Waals surface area contributed by atoms with Gasteiger partial charge in [0.05, 0.1) is 0 Å². The molecule has 3 saturated heterocycles.